The maximum Gasteiger partial charge on any atom is 0.325 e. The number of hydrogen-bond acceptors (Lipinski definition) is 4. The van der Waals surface area contributed by atoms with Gasteiger partial charge in [-0.2, -0.15) is 0 Å². The van der Waals surface area contributed by atoms with Crippen LogP contribution in [-0.2, 0) is 25.2 Å². The van der Waals surface area contributed by atoms with E-state index < -0.39 is 7.60 Å². The summed E-state index contributed by atoms with van der Waals surface area (Å²) in [6.07, 6.45) is 3.48. The number of nitrogens with zero attached hydrogens (tertiary/aromatic N) is 1. The van der Waals surface area contributed by atoms with E-state index >= 15 is 0 Å². The van der Waals surface area contributed by atoms with Crippen molar-refractivity contribution in [3.63, 3.8) is 0 Å². The fourth-order valence-electron chi connectivity index (χ4n) is 3.69. The Morgan fingerprint density at radius 3 is 2.47 bits per heavy atom. The summed E-state index contributed by atoms with van der Waals surface area (Å²) in [5.41, 5.74) is 3.44. The van der Waals surface area contributed by atoms with Gasteiger partial charge in [-0.25, -0.2) is 0 Å². The third-order valence-electron chi connectivity index (χ3n) is 5.46. The van der Waals surface area contributed by atoms with Crippen LogP contribution in [-0.4, -0.2) is 36.5 Å². The zero-order valence-corrected chi connectivity index (χ0v) is 20.4. The van der Waals surface area contributed by atoms with Gasteiger partial charge in [0.15, 0.2) is 0 Å². The van der Waals surface area contributed by atoms with Crippen molar-refractivity contribution >= 4 is 25.1 Å². The number of fused-ring (bicyclic) bond motifs is 2. The fraction of sp³-hybridized carbons (Fsp3) is 0.385. The molecule has 0 aliphatic carbocycles. The summed E-state index contributed by atoms with van der Waals surface area (Å²) >= 11 is 0. The van der Waals surface area contributed by atoms with E-state index in [1.54, 1.807) is 4.90 Å². The molecule has 1 aliphatic heterocycles. The molecule has 8 heteroatoms. The predicted octanol–water partition coefficient (Wildman–Crippen LogP) is 4.22. The summed E-state index contributed by atoms with van der Waals surface area (Å²) in [6, 6.07) is 15.4. The molecule has 0 saturated heterocycles. The average Bonchev–Trinajstić information content (AvgIpc) is 2.80. The largest absolute Gasteiger partial charge is 0.356 e. The molecule has 2 aromatic rings. The van der Waals surface area contributed by atoms with Gasteiger partial charge in [-0.15, -0.1) is 0 Å². The van der Waals surface area contributed by atoms with Crippen LogP contribution in [0, 0.1) is 11.8 Å². The van der Waals surface area contributed by atoms with E-state index in [0.717, 1.165) is 41.6 Å². The van der Waals surface area contributed by atoms with Gasteiger partial charge in [0.25, 0.3) is 0 Å². The van der Waals surface area contributed by atoms with Crippen LogP contribution in [0.15, 0.2) is 48.5 Å². The van der Waals surface area contributed by atoms with Crippen LogP contribution in [0.3, 0.4) is 0 Å². The van der Waals surface area contributed by atoms with Crippen LogP contribution in [0.4, 0.5) is 5.69 Å². The first-order chi connectivity index (χ1) is 16.3. The van der Waals surface area contributed by atoms with E-state index in [0.29, 0.717) is 19.5 Å². The Morgan fingerprint density at radius 2 is 1.68 bits per heavy atom. The molecular weight excluding hydrogens is 451 g/mol. The number of amides is 2. The summed E-state index contributed by atoms with van der Waals surface area (Å²) in [7, 11) is -3.40. The number of carbonyl (C=O) groups is 2. The fourth-order valence-corrected chi connectivity index (χ4v) is 4.16. The minimum atomic E-state index is -3.40. The number of carbonyl (C=O) groups excluding carboxylic acids is 2. The van der Waals surface area contributed by atoms with Crippen molar-refractivity contribution in [3.8, 4) is 11.8 Å². The number of rotatable bonds is 11. The maximum absolute atomic E-state index is 13.1. The highest BCUT2D eigenvalue weighted by Gasteiger charge is 2.21. The molecule has 0 spiro atoms. The zero-order valence-electron chi connectivity index (χ0n) is 19.5. The molecule has 180 valence electrons. The lowest BCUT2D eigenvalue weighted by atomic mass is 10.0. The number of anilines is 1. The van der Waals surface area contributed by atoms with Crippen LogP contribution >= 0.6 is 7.60 Å². The molecule has 0 bridgehead atoms. The molecule has 1 atom stereocenters. The van der Waals surface area contributed by atoms with Crippen LogP contribution in [0.1, 0.15) is 55.2 Å². The van der Waals surface area contributed by atoms with Crippen molar-refractivity contribution in [1.29, 1.82) is 0 Å². The van der Waals surface area contributed by atoms with Gasteiger partial charge >= 0.3 is 7.60 Å². The topological polar surface area (TPSA) is 95.9 Å². The number of unbranched alkanes of at least 4 members (excludes halogenated alkanes) is 3. The van der Waals surface area contributed by atoms with Crippen LogP contribution < -0.4 is 10.2 Å². The first-order valence-corrected chi connectivity index (χ1v) is 13.6. The normalized spacial score (nSPS) is 13.9. The highest BCUT2D eigenvalue weighted by molar-refractivity contribution is 7.51. The highest BCUT2D eigenvalue weighted by Crippen LogP contribution is 2.36. The maximum atomic E-state index is 13.1. The van der Waals surface area contributed by atoms with Crippen LogP contribution in [0.2, 0.25) is 0 Å². The molecule has 2 aromatic carbocycles. The smallest absolute Gasteiger partial charge is 0.325 e. The Morgan fingerprint density at radius 1 is 1.00 bits per heavy atom. The molecule has 0 fully saturated rings. The van der Waals surface area contributed by atoms with Crippen molar-refractivity contribution in [1.82, 2.24) is 5.32 Å². The van der Waals surface area contributed by atoms with E-state index in [2.05, 4.69) is 17.2 Å². The number of hydrogen-bond donors (Lipinski definition) is 2. The highest BCUT2D eigenvalue weighted by atomic mass is 31.2. The van der Waals surface area contributed by atoms with Crippen molar-refractivity contribution < 1.29 is 23.6 Å². The van der Waals surface area contributed by atoms with Gasteiger partial charge in [-0.05, 0) is 36.6 Å². The SMILES string of the molecule is CP(=O)(O)OCCCCCCNC(=O)CCC(=O)N1Cc2ccccc2C#Cc2ccccc21. The van der Waals surface area contributed by atoms with E-state index in [1.165, 1.54) is 6.66 Å². The third-order valence-corrected chi connectivity index (χ3v) is 6.13. The second-order valence-electron chi connectivity index (χ2n) is 8.30. The van der Waals surface area contributed by atoms with Gasteiger partial charge < -0.3 is 19.6 Å². The molecular formula is C26H31N2O5P. The quantitative estimate of drug-likeness (QED) is 0.284. The molecule has 0 aromatic heterocycles. The Labute approximate surface area is 201 Å². The third kappa shape index (κ3) is 8.14. The lowest BCUT2D eigenvalue weighted by Gasteiger charge is -2.26. The summed E-state index contributed by atoms with van der Waals surface area (Å²) in [5, 5.41) is 2.87. The summed E-state index contributed by atoms with van der Waals surface area (Å²) in [5.74, 6) is 6.11. The summed E-state index contributed by atoms with van der Waals surface area (Å²) in [4.78, 5) is 36.2. The molecule has 1 unspecified atom stereocenters. The minimum Gasteiger partial charge on any atom is -0.356 e. The molecule has 1 aliphatic rings. The van der Waals surface area contributed by atoms with E-state index in [9.17, 15) is 14.2 Å². The van der Waals surface area contributed by atoms with Crippen molar-refractivity contribution in [2.24, 2.45) is 0 Å². The van der Waals surface area contributed by atoms with Gasteiger partial charge in [-0.1, -0.05) is 55.0 Å². The number of para-hydroxylation sites is 1. The van der Waals surface area contributed by atoms with Crippen molar-refractivity contribution in [2.45, 2.75) is 45.1 Å². The summed E-state index contributed by atoms with van der Waals surface area (Å²) in [6.45, 7) is 2.38. The molecule has 34 heavy (non-hydrogen) atoms. The van der Waals surface area contributed by atoms with Crippen LogP contribution in [0.5, 0.6) is 0 Å². The lowest BCUT2D eigenvalue weighted by molar-refractivity contribution is -0.125. The molecule has 0 radical (unpaired) electrons. The van der Waals surface area contributed by atoms with E-state index in [1.807, 2.05) is 48.5 Å². The van der Waals surface area contributed by atoms with Crippen molar-refractivity contribution in [2.75, 3.05) is 24.7 Å². The lowest BCUT2D eigenvalue weighted by Crippen LogP contribution is -2.33. The van der Waals surface area contributed by atoms with Crippen molar-refractivity contribution in [3.05, 3.63) is 65.2 Å². The number of benzene rings is 2. The van der Waals surface area contributed by atoms with Gasteiger partial charge in [-0.3, -0.25) is 14.2 Å². The predicted molar refractivity (Wildman–Crippen MR) is 132 cm³/mol. The molecule has 2 N–H and O–H groups in total. The monoisotopic (exact) mass is 482 g/mol. The van der Waals surface area contributed by atoms with Gasteiger partial charge in [0.05, 0.1) is 18.8 Å². The molecule has 7 nitrogen and oxygen atoms in total. The second-order valence-corrected chi connectivity index (χ2v) is 10.2. The van der Waals surface area contributed by atoms with Gasteiger partial charge in [0, 0.05) is 37.2 Å². The van der Waals surface area contributed by atoms with E-state index in [4.69, 9.17) is 9.42 Å². The Hall–Kier alpha value is -2.91. The molecule has 3 rings (SSSR count). The average molecular weight is 483 g/mol. The van der Waals surface area contributed by atoms with Gasteiger partial charge in [0.2, 0.25) is 11.8 Å². The molecule has 2 amide bonds. The van der Waals surface area contributed by atoms with E-state index in [-0.39, 0.29) is 31.3 Å². The standard InChI is InChI=1S/C26H31N2O5P/c1-34(31,32)33-19-9-3-2-8-18-27-25(29)16-17-26(30)28-20-23-12-5-4-10-21(23)14-15-22-11-6-7-13-24(22)28/h4-7,10-13H,2-3,8-9,16-20H2,1H3,(H,27,29)(H,31,32). The van der Waals surface area contributed by atoms with Crippen LogP contribution in [0.25, 0.3) is 0 Å². The molecule has 1 heterocycles. The first-order valence-electron chi connectivity index (χ1n) is 11.5. The number of nitrogens with one attached hydrogen (secondary N) is 1. The minimum absolute atomic E-state index is 0.113. The summed E-state index contributed by atoms with van der Waals surface area (Å²) < 4.78 is 15.9. The Balaban J connectivity index is 1.46. The second kappa shape index (κ2) is 12.5. The zero-order chi connectivity index (χ0) is 24.4. The van der Waals surface area contributed by atoms with Gasteiger partial charge in [0.1, 0.15) is 0 Å². The first kappa shape index (κ1) is 25.7. The Bertz CT molecular complexity index is 1120. The Kier molecular flexibility index (Phi) is 9.47. The molecule has 0 saturated carbocycles.